The molecule has 1 amide bonds. The van der Waals surface area contributed by atoms with E-state index in [2.05, 4.69) is 33.0 Å². The van der Waals surface area contributed by atoms with Crippen LogP contribution in [0.15, 0.2) is 17.5 Å². The van der Waals surface area contributed by atoms with E-state index in [0.717, 1.165) is 32.0 Å². The number of nitrogens with zero attached hydrogens (tertiary/aromatic N) is 1. The molecule has 0 bridgehead atoms. The van der Waals surface area contributed by atoms with Crippen LogP contribution in [0.5, 0.6) is 0 Å². The molecule has 7 heteroatoms. The van der Waals surface area contributed by atoms with Gasteiger partial charge in [0, 0.05) is 17.5 Å². The van der Waals surface area contributed by atoms with Gasteiger partial charge in [0.2, 0.25) is 5.91 Å². The van der Waals surface area contributed by atoms with Crippen molar-refractivity contribution in [2.75, 3.05) is 19.6 Å². The third-order valence-corrected chi connectivity index (χ3v) is 7.08. The number of hydrogen-bond donors (Lipinski definition) is 2. The molecule has 4 nitrogen and oxygen atoms in total. The number of nitrogens with one attached hydrogen (secondary N) is 2. The molecule has 3 heterocycles. The van der Waals surface area contributed by atoms with Crippen LogP contribution in [-0.4, -0.2) is 42.5 Å². The summed E-state index contributed by atoms with van der Waals surface area (Å²) in [6, 6.07) is 5.29. The van der Waals surface area contributed by atoms with E-state index in [1.54, 1.807) is 0 Å². The van der Waals surface area contributed by atoms with Crippen LogP contribution < -0.4 is 10.6 Å². The highest BCUT2D eigenvalue weighted by Crippen LogP contribution is 2.33. The normalized spacial score (nSPS) is 29.3. The number of halogens is 2. The minimum absolute atomic E-state index is 0. The molecule has 0 spiro atoms. The van der Waals surface area contributed by atoms with E-state index in [-0.39, 0.29) is 36.8 Å². The van der Waals surface area contributed by atoms with Crippen molar-refractivity contribution in [3.63, 3.8) is 0 Å². The van der Waals surface area contributed by atoms with E-state index in [4.69, 9.17) is 0 Å². The van der Waals surface area contributed by atoms with Crippen molar-refractivity contribution in [2.45, 2.75) is 63.1 Å². The Kier molecular flexibility index (Phi) is 8.68. The van der Waals surface area contributed by atoms with Crippen LogP contribution >= 0.6 is 36.2 Å². The van der Waals surface area contributed by atoms with Crippen LogP contribution in [0.25, 0.3) is 0 Å². The van der Waals surface area contributed by atoms with Gasteiger partial charge >= 0.3 is 0 Å². The summed E-state index contributed by atoms with van der Waals surface area (Å²) in [5.41, 5.74) is 0. The molecular weight excluding hydrogens is 389 g/mol. The highest BCUT2D eigenvalue weighted by Gasteiger charge is 2.38. The lowest BCUT2D eigenvalue weighted by Crippen LogP contribution is -2.45. The Morgan fingerprint density at radius 2 is 2.00 bits per heavy atom. The second kappa shape index (κ2) is 10.3. The molecule has 1 saturated carbocycles. The molecule has 4 atom stereocenters. The van der Waals surface area contributed by atoms with E-state index < -0.39 is 0 Å². The summed E-state index contributed by atoms with van der Waals surface area (Å²) in [6.45, 7) is 3.06. The van der Waals surface area contributed by atoms with Crippen LogP contribution in [0.3, 0.4) is 0 Å². The highest BCUT2D eigenvalue weighted by molar-refractivity contribution is 7.10. The SMILES string of the molecule is Cl.Cl.O=C(NCC(c1cccs1)N1CCCC1)C1CC2CCCCC2N1. The minimum Gasteiger partial charge on any atom is -0.353 e. The topological polar surface area (TPSA) is 44.4 Å². The molecule has 2 N–H and O–H groups in total. The Balaban J connectivity index is 0.00000121. The molecule has 0 radical (unpaired) electrons. The van der Waals surface area contributed by atoms with E-state index in [9.17, 15) is 4.79 Å². The number of thiophene rings is 1. The molecule has 2 aliphatic heterocycles. The Morgan fingerprint density at radius 3 is 2.69 bits per heavy atom. The Labute approximate surface area is 173 Å². The van der Waals surface area contributed by atoms with Crippen LogP contribution in [0, 0.1) is 5.92 Å². The number of amides is 1. The third-order valence-electron chi connectivity index (χ3n) is 6.10. The summed E-state index contributed by atoms with van der Waals surface area (Å²) < 4.78 is 0. The monoisotopic (exact) mass is 419 g/mol. The maximum absolute atomic E-state index is 12.7. The van der Waals surface area contributed by atoms with Gasteiger partial charge in [-0.3, -0.25) is 9.69 Å². The van der Waals surface area contributed by atoms with Crippen molar-refractivity contribution >= 4 is 42.1 Å². The first-order valence-electron chi connectivity index (χ1n) is 9.62. The molecule has 4 unspecified atom stereocenters. The second-order valence-electron chi connectivity index (χ2n) is 7.63. The Hall–Kier alpha value is -0.330. The number of rotatable bonds is 5. The molecule has 0 aromatic carbocycles. The van der Waals surface area contributed by atoms with Gasteiger partial charge in [-0.15, -0.1) is 36.2 Å². The predicted molar refractivity (Wildman–Crippen MR) is 113 cm³/mol. The van der Waals surface area contributed by atoms with Gasteiger partial charge in [0.25, 0.3) is 0 Å². The second-order valence-corrected chi connectivity index (χ2v) is 8.60. The fourth-order valence-corrected chi connectivity index (χ4v) is 5.65. The lowest BCUT2D eigenvalue weighted by Gasteiger charge is -2.27. The zero-order chi connectivity index (χ0) is 16.4. The van der Waals surface area contributed by atoms with Gasteiger partial charge in [0.1, 0.15) is 0 Å². The van der Waals surface area contributed by atoms with E-state index in [1.807, 2.05) is 11.3 Å². The molecule has 148 valence electrons. The Bertz CT molecular complexity index is 537. The minimum atomic E-state index is 0. The van der Waals surface area contributed by atoms with Gasteiger partial charge in [-0.05, 0) is 62.6 Å². The number of fused-ring (bicyclic) bond motifs is 1. The smallest absolute Gasteiger partial charge is 0.237 e. The maximum Gasteiger partial charge on any atom is 0.237 e. The molecular formula is C19H31Cl2N3OS. The first-order chi connectivity index (χ1) is 11.8. The maximum atomic E-state index is 12.7. The van der Waals surface area contributed by atoms with Crippen LogP contribution in [0.4, 0.5) is 0 Å². The summed E-state index contributed by atoms with van der Waals surface area (Å²) in [7, 11) is 0. The fourth-order valence-electron chi connectivity index (χ4n) is 4.79. The van der Waals surface area contributed by atoms with E-state index in [0.29, 0.717) is 12.1 Å². The highest BCUT2D eigenvalue weighted by atomic mass is 35.5. The first kappa shape index (κ1) is 22.0. The van der Waals surface area contributed by atoms with Crippen molar-refractivity contribution < 1.29 is 4.79 Å². The summed E-state index contributed by atoms with van der Waals surface area (Å²) in [5, 5.41) is 9.00. The van der Waals surface area contributed by atoms with Crippen LogP contribution in [0.2, 0.25) is 0 Å². The standard InChI is InChI=1S/C19H29N3OS.2ClH/c23-19(16-12-14-6-1-2-7-15(14)21-16)20-13-17(18-8-5-11-24-18)22-9-3-4-10-22;;/h5,8,11,14-17,21H,1-4,6-7,9-10,12-13H2,(H,20,23);2*1H. The molecule has 1 aliphatic carbocycles. The Morgan fingerprint density at radius 1 is 1.23 bits per heavy atom. The van der Waals surface area contributed by atoms with E-state index >= 15 is 0 Å². The molecule has 1 aromatic heterocycles. The summed E-state index contributed by atoms with van der Waals surface area (Å²) in [5.74, 6) is 0.936. The quantitative estimate of drug-likeness (QED) is 0.763. The molecule has 2 saturated heterocycles. The number of hydrogen-bond acceptors (Lipinski definition) is 4. The van der Waals surface area contributed by atoms with Gasteiger partial charge in [-0.25, -0.2) is 0 Å². The van der Waals surface area contributed by atoms with Crippen molar-refractivity contribution in [1.29, 1.82) is 0 Å². The average Bonchev–Trinajstić information content (AvgIpc) is 3.35. The number of carbonyl (C=O) groups excluding carboxylic acids is 1. The predicted octanol–water partition coefficient (Wildman–Crippen LogP) is 3.77. The lowest BCUT2D eigenvalue weighted by atomic mass is 9.85. The van der Waals surface area contributed by atoms with Crippen LogP contribution in [-0.2, 0) is 4.79 Å². The zero-order valence-electron chi connectivity index (χ0n) is 15.2. The molecule has 4 rings (SSSR count). The molecule has 3 fully saturated rings. The third kappa shape index (κ3) is 4.93. The van der Waals surface area contributed by atoms with Gasteiger partial charge in [-0.2, -0.15) is 0 Å². The van der Waals surface area contributed by atoms with Crippen molar-refractivity contribution in [2.24, 2.45) is 5.92 Å². The summed E-state index contributed by atoms with van der Waals surface area (Å²) in [4.78, 5) is 16.6. The van der Waals surface area contributed by atoms with Gasteiger partial charge in [-0.1, -0.05) is 18.9 Å². The molecule has 3 aliphatic rings. The first-order valence-corrected chi connectivity index (χ1v) is 10.5. The zero-order valence-corrected chi connectivity index (χ0v) is 17.6. The molecule has 1 aromatic rings. The van der Waals surface area contributed by atoms with Crippen LogP contribution in [0.1, 0.15) is 55.9 Å². The molecule has 26 heavy (non-hydrogen) atoms. The van der Waals surface area contributed by atoms with Crippen molar-refractivity contribution in [1.82, 2.24) is 15.5 Å². The summed E-state index contributed by atoms with van der Waals surface area (Å²) in [6.07, 6.45) is 8.80. The van der Waals surface area contributed by atoms with Gasteiger partial charge < -0.3 is 10.6 Å². The number of carbonyl (C=O) groups is 1. The van der Waals surface area contributed by atoms with Gasteiger partial charge in [0.15, 0.2) is 0 Å². The van der Waals surface area contributed by atoms with Gasteiger partial charge in [0.05, 0.1) is 12.1 Å². The average molecular weight is 420 g/mol. The summed E-state index contributed by atoms with van der Waals surface area (Å²) >= 11 is 1.81. The van der Waals surface area contributed by atoms with Crippen molar-refractivity contribution in [3.8, 4) is 0 Å². The number of likely N-dealkylation sites (tertiary alicyclic amines) is 1. The fraction of sp³-hybridized carbons (Fsp3) is 0.737. The van der Waals surface area contributed by atoms with Crippen molar-refractivity contribution in [3.05, 3.63) is 22.4 Å². The largest absolute Gasteiger partial charge is 0.353 e. The lowest BCUT2D eigenvalue weighted by molar-refractivity contribution is -0.123. The van der Waals surface area contributed by atoms with E-state index in [1.165, 1.54) is 43.4 Å².